The first-order valence-electron chi connectivity index (χ1n) is 20.2. The molecule has 0 fully saturated rings. The molecule has 8 aromatic rings. The zero-order valence-corrected chi connectivity index (χ0v) is 36.1. The molecule has 0 aliphatic carbocycles. The third-order valence-electron chi connectivity index (χ3n) is 10.9. The quantitative estimate of drug-likeness (QED) is 0.143. The summed E-state index contributed by atoms with van der Waals surface area (Å²) in [5, 5.41) is 36.5. The molecule has 0 unspecified atom stereocenters. The molecule has 304 valence electrons. The summed E-state index contributed by atoms with van der Waals surface area (Å²) >= 11 is 0. The van der Waals surface area contributed by atoms with Crippen molar-refractivity contribution in [1.29, 1.82) is 0 Å². The highest BCUT2D eigenvalue weighted by Crippen LogP contribution is 2.40. The normalized spacial score (nSPS) is 13.0. The summed E-state index contributed by atoms with van der Waals surface area (Å²) in [6, 6.07) is 24.3. The van der Waals surface area contributed by atoms with Crippen LogP contribution in [-0.4, -0.2) is 40.8 Å². The average molecular weight is 801 g/mol. The van der Waals surface area contributed by atoms with Gasteiger partial charge in [-0.05, 0) is 117 Å². The van der Waals surface area contributed by atoms with Crippen molar-refractivity contribution >= 4 is 0 Å². The molecule has 0 atom stereocenters. The van der Waals surface area contributed by atoms with Gasteiger partial charge in [0.05, 0.1) is 0 Å². The van der Waals surface area contributed by atoms with Crippen LogP contribution in [0.1, 0.15) is 105 Å². The van der Waals surface area contributed by atoms with Gasteiger partial charge in [0.25, 0.3) is 0 Å². The lowest BCUT2D eigenvalue weighted by Crippen LogP contribution is -2.11. The van der Waals surface area contributed by atoms with Crippen LogP contribution in [0, 0.1) is 0 Å². The van der Waals surface area contributed by atoms with Gasteiger partial charge in [-0.1, -0.05) is 83.1 Å². The van der Waals surface area contributed by atoms with Crippen molar-refractivity contribution < 1.29 is 17.7 Å². The second kappa shape index (κ2) is 13.5. The number of hydrogen-bond donors (Lipinski definition) is 0. The fourth-order valence-corrected chi connectivity index (χ4v) is 7.06. The monoisotopic (exact) mass is 800 g/mol. The summed E-state index contributed by atoms with van der Waals surface area (Å²) in [7, 11) is 0. The lowest BCUT2D eigenvalue weighted by atomic mass is 9.85. The lowest BCUT2D eigenvalue weighted by molar-refractivity contribution is 0.572. The Labute approximate surface area is 348 Å². The highest BCUT2D eigenvalue weighted by atomic mass is 16.4. The van der Waals surface area contributed by atoms with Crippen LogP contribution < -0.4 is 0 Å². The predicted octanol–water partition coefficient (Wildman–Crippen LogP) is 12.1. The molecule has 0 radical (unpaired) electrons. The molecule has 0 spiro atoms. The Bertz CT molecular complexity index is 2390. The van der Waals surface area contributed by atoms with Gasteiger partial charge in [-0.2, -0.15) is 0 Å². The maximum atomic E-state index is 6.49. The van der Waals surface area contributed by atoms with Crippen molar-refractivity contribution in [2.75, 3.05) is 0 Å². The second-order valence-electron chi connectivity index (χ2n) is 19.8. The van der Waals surface area contributed by atoms with E-state index in [1.165, 1.54) is 0 Å². The van der Waals surface area contributed by atoms with Crippen molar-refractivity contribution in [3.05, 3.63) is 95.1 Å². The van der Waals surface area contributed by atoms with Crippen molar-refractivity contribution in [3.63, 3.8) is 0 Å². The molecule has 1 aliphatic rings. The number of benzene rings is 4. The molecule has 12 heteroatoms. The first kappa shape index (κ1) is 38.9. The molecule has 60 heavy (non-hydrogen) atoms. The van der Waals surface area contributed by atoms with Crippen molar-refractivity contribution in [3.8, 4) is 91.6 Å². The van der Waals surface area contributed by atoms with Crippen LogP contribution in [0.4, 0.5) is 0 Å². The second-order valence-corrected chi connectivity index (χ2v) is 19.8. The Morgan fingerprint density at radius 2 is 0.367 bits per heavy atom. The number of fused-ring (bicyclic) bond motifs is 24. The van der Waals surface area contributed by atoms with E-state index in [4.69, 9.17) is 17.7 Å². The Hall–Kier alpha value is -6.56. The van der Waals surface area contributed by atoms with Gasteiger partial charge < -0.3 is 17.7 Å². The smallest absolute Gasteiger partial charge is 0.248 e. The summed E-state index contributed by atoms with van der Waals surface area (Å²) in [4.78, 5) is 0. The van der Waals surface area contributed by atoms with Crippen molar-refractivity contribution in [2.45, 2.75) is 105 Å². The van der Waals surface area contributed by atoms with Gasteiger partial charge in [-0.3, -0.25) is 0 Å². The van der Waals surface area contributed by atoms with Crippen molar-refractivity contribution in [2.24, 2.45) is 0 Å². The van der Waals surface area contributed by atoms with Crippen LogP contribution in [0.5, 0.6) is 0 Å². The molecule has 1 aliphatic heterocycles. The molecular formula is C48H48N8O4. The van der Waals surface area contributed by atoms with Gasteiger partial charge in [-0.25, -0.2) is 0 Å². The molecule has 9 rings (SSSR count). The highest BCUT2D eigenvalue weighted by Gasteiger charge is 2.27. The third-order valence-corrected chi connectivity index (χ3v) is 10.9. The molecule has 12 nitrogen and oxygen atoms in total. The van der Waals surface area contributed by atoms with E-state index in [0.29, 0.717) is 47.1 Å². The van der Waals surface area contributed by atoms with E-state index in [1.54, 1.807) is 0 Å². The van der Waals surface area contributed by atoms with Crippen LogP contribution in [0.3, 0.4) is 0 Å². The van der Waals surface area contributed by atoms with E-state index in [2.05, 4.69) is 172 Å². The zero-order chi connectivity index (χ0) is 42.5. The Balaban J connectivity index is 1.30. The molecule has 0 saturated carbocycles. The van der Waals surface area contributed by atoms with Crippen LogP contribution in [0.25, 0.3) is 91.6 Å². The summed E-state index contributed by atoms with van der Waals surface area (Å²) in [5.41, 5.74) is 8.98. The summed E-state index contributed by atoms with van der Waals surface area (Å²) < 4.78 is 26.0. The molecular weight excluding hydrogens is 753 g/mol. The van der Waals surface area contributed by atoms with Gasteiger partial charge in [0, 0.05) is 44.5 Å². The Morgan fingerprint density at radius 3 is 0.483 bits per heavy atom. The van der Waals surface area contributed by atoms with Gasteiger partial charge in [0.15, 0.2) is 0 Å². The van der Waals surface area contributed by atoms with E-state index in [-0.39, 0.29) is 21.7 Å². The number of aromatic nitrogens is 8. The standard InChI is InChI=1S/C48H48N8O4/c1-45(2,3)33-17-25-13-26(18-33)38-50-52-40(58-38)28-15-30(22-35(20-28)47(7,8)9)42-54-56-44(60-42)32-16-31(23-36(24-32)48(10,11)12)43-55-53-41(59-43)29-14-27(39-51-49-37(25)57-39)19-34(21-29)46(4,5)6/h13-24H,1-12H3. The van der Waals surface area contributed by atoms with E-state index in [9.17, 15) is 0 Å². The van der Waals surface area contributed by atoms with Gasteiger partial charge >= 0.3 is 0 Å². The minimum atomic E-state index is -0.231. The largest absolute Gasteiger partial charge is 0.416 e. The summed E-state index contributed by atoms with van der Waals surface area (Å²) in [5.74, 6) is 2.82. The first-order chi connectivity index (χ1) is 28.2. The number of rotatable bonds is 0. The van der Waals surface area contributed by atoms with Crippen molar-refractivity contribution in [1.82, 2.24) is 40.8 Å². The van der Waals surface area contributed by atoms with Gasteiger partial charge in [-0.15, -0.1) is 40.8 Å². The molecule has 5 heterocycles. The fourth-order valence-electron chi connectivity index (χ4n) is 7.06. The molecule has 0 N–H and O–H groups in total. The molecule has 4 aromatic heterocycles. The minimum Gasteiger partial charge on any atom is -0.416 e. The summed E-state index contributed by atoms with van der Waals surface area (Å²) in [6.07, 6.45) is 0. The minimum absolute atomic E-state index is 0.231. The van der Waals surface area contributed by atoms with Gasteiger partial charge in [0.1, 0.15) is 0 Å². The van der Waals surface area contributed by atoms with Crippen LogP contribution >= 0.6 is 0 Å². The maximum absolute atomic E-state index is 6.49. The molecule has 16 bridgehead atoms. The van der Waals surface area contributed by atoms with E-state index < -0.39 is 0 Å². The number of nitrogens with zero attached hydrogens (tertiary/aromatic N) is 8. The average Bonchev–Trinajstić information content (AvgIpc) is 4.03. The van der Waals surface area contributed by atoms with Crippen LogP contribution in [0.15, 0.2) is 90.5 Å². The van der Waals surface area contributed by atoms with Crippen LogP contribution in [-0.2, 0) is 21.7 Å². The summed E-state index contributed by atoms with van der Waals surface area (Å²) in [6.45, 7) is 25.8. The molecule has 0 amide bonds. The molecule has 4 aromatic carbocycles. The molecule has 0 saturated heterocycles. The third kappa shape index (κ3) is 7.35. The van der Waals surface area contributed by atoms with E-state index >= 15 is 0 Å². The van der Waals surface area contributed by atoms with E-state index in [0.717, 1.165) is 66.8 Å². The lowest BCUT2D eigenvalue weighted by Gasteiger charge is -2.20. The number of hydrogen-bond acceptors (Lipinski definition) is 12. The Morgan fingerprint density at radius 1 is 0.233 bits per heavy atom. The van der Waals surface area contributed by atoms with Gasteiger partial charge in [0.2, 0.25) is 47.1 Å². The highest BCUT2D eigenvalue weighted by molar-refractivity contribution is 5.73. The topological polar surface area (TPSA) is 156 Å². The first-order valence-corrected chi connectivity index (χ1v) is 20.2. The SMILES string of the molecule is CC(C)(C)c1cc2cc(c1)-c1nnc(o1)-c1cc(cc(C(C)(C)C)c1)-c1nnc(o1)-c1cc(cc(C(C)(C)C)c1)-c1nnc(o1)-c1cc(cc(C(C)(C)C)c1)-c1nnc-2o1. The Kier molecular flexibility index (Phi) is 8.75. The fraction of sp³-hybridized carbons (Fsp3) is 0.333. The zero-order valence-electron chi connectivity index (χ0n) is 36.1. The maximum Gasteiger partial charge on any atom is 0.248 e. The predicted molar refractivity (Wildman–Crippen MR) is 230 cm³/mol. The van der Waals surface area contributed by atoms with Crippen LogP contribution in [0.2, 0.25) is 0 Å². The van der Waals surface area contributed by atoms with E-state index in [1.807, 2.05) is 24.3 Å².